The van der Waals surface area contributed by atoms with Gasteiger partial charge in [0.25, 0.3) is 0 Å². The Bertz CT molecular complexity index is 339. The molecule has 0 aromatic heterocycles. The summed E-state index contributed by atoms with van der Waals surface area (Å²) in [7, 11) is 0. The van der Waals surface area contributed by atoms with Gasteiger partial charge in [0.1, 0.15) is 5.75 Å². The highest BCUT2D eigenvalue weighted by molar-refractivity contribution is 6.31. The van der Waals surface area contributed by atoms with Crippen LogP contribution >= 0.6 is 11.6 Å². The minimum atomic E-state index is -0.145. The van der Waals surface area contributed by atoms with Gasteiger partial charge in [0.05, 0.1) is 12.3 Å². The van der Waals surface area contributed by atoms with Crippen molar-refractivity contribution in [3.8, 4) is 5.75 Å². The predicted octanol–water partition coefficient (Wildman–Crippen LogP) is 2.70. The molecule has 1 N–H and O–H groups in total. The summed E-state index contributed by atoms with van der Waals surface area (Å²) in [6.07, 6.45) is 0. The number of halogens is 1. The van der Waals surface area contributed by atoms with Gasteiger partial charge in [-0.25, -0.2) is 0 Å². The molecule has 0 aliphatic rings. The van der Waals surface area contributed by atoms with Gasteiger partial charge in [0.15, 0.2) is 0 Å². The van der Waals surface area contributed by atoms with Crippen molar-refractivity contribution < 1.29 is 9.53 Å². The summed E-state index contributed by atoms with van der Waals surface area (Å²) in [4.78, 5) is 10.9. The molecule has 4 heteroatoms. The number of carbonyl (C=O) groups is 1. The molecule has 0 radical (unpaired) electrons. The molecule has 1 aromatic rings. The highest BCUT2D eigenvalue weighted by Gasteiger charge is 2.05. The van der Waals surface area contributed by atoms with Crippen LogP contribution in [0.1, 0.15) is 13.8 Å². The van der Waals surface area contributed by atoms with E-state index in [-0.39, 0.29) is 5.91 Å². The lowest BCUT2D eigenvalue weighted by Crippen LogP contribution is -2.07. The van der Waals surface area contributed by atoms with Crippen LogP contribution in [0, 0.1) is 0 Å². The van der Waals surface area contributed by atoms with Gasteiger partial charge in [-0.2, -0.15) is 0 Å². The van der Waals surface area contributed by atoms with E-state index < -0.39 is 0 Å². The van der Waals surface area contributed by atoms with E-state index in [0.29, 0.717) is 23.1 Å². The first kappa shape index (κ1) is 10.9. The van der Waals surface area contributed by atoms with E-state index in [9.17, 15) is 4.79 Å². The minimum Gasteiger partial charge on any atom is -0.492 e. The van der Waals surface area contributed by atoms with Crippen LogP contribution in [0.25, 0.3) is 0 Å². The van der Waals surface area contributed by atoms with Gasteiger partial charge in [0.2, 0.25) is 5.91 Å². The van der Waals surface area contributed by atoms with Crippen LogP contribution in [-0.2, 0) is 4.79 Å². The van der Waals surface area contributed by atoms with E-state index in [1.54, 1.807) is 18.2 Å². The standard InChI is InChI=1S/C10H12ClNO2/c1-3-14-10-5-4-8(11)6-9(10)12-7(2)13/h4-6H,3H2,1-2H3,(H,12,13). The lowest BCUT2D eigenvalue weighted by Gasteiger charge is -2.10. The summed E-state index contributed by atoms with van der Waals surface area (Å²) in [5.74, 6) is 0.486. The Morgan fingerprint density at radius 3 is 2.86 bits per heavy atom. The van der Waals surface area contributed by atoms with Gasteiger partial charge in [-0.1, -0.05) is 11.6 Å². The van der Waals surface area contributed by atoms with Crippen molar-refractivity contribution in [1.82, 2.24) is 0 Å². The maximum atomic E-state index is 10.9. The molecule has 76 valence electrons. The average Bonchev–Trinajstić information content (AvgIpc) is 2.09. The van der Waals surface area contributed by atoms with E-state index in [0.717, 1.165) is 0 Å². The third kappa shape index (κ3) is 2.92. The Kier molecular flexibility index (Phi) is 3.77. The largest absolute Gasteiger partial charge is 0.492 e. The van der Waals surface area contributed by atoms with Crippen molar-refractivity contribution in [3.63, 3.8) is 0 Å². The third-order valence-corrected chi connectivity index (χ3v) is 1.79. The van der Waals surface area contributed by atoms with Gasteiger partial charge >= 0.3 is 0 Å². The minimum absolute atomic E-state index is 0.145. The van der Waals surface area contributed by atoms with E-state index in [4.69, 9.17) is 16.3 Å². The van der Waals surface area contributed by atoms with Crippen molar-refractivity contribution in [3.05, 3.63) is 23.2 Å². The molecule has 0 aliphatic heterocycles. The van der Waals surface area contributed by atoms with Gasteiger partial charge in [-0.05, 0) is 25.1 Å². The first-order valence-electron chi connectivity index (χ1n) is 4.33. The van der Waals surface area contributed by atoms with Gasteiger partial charge in [-0.15, -0.1) is 0 Å². The first-order chi connectivity index (χ1) is 6.63. The number of anilines is 1. The van der Waals surface area contributed by atoms with Crippen molar-refractivity contribution in [2.45, 2.75) is 13.8 Å². The van der Waals surface area contributed by atoms with Crippen LogP contribution in [-0.4, -0.2) is 12.5 Å². The molecule has 0 fully saturated rings. The van der Waals surface area contributed by atoms with Crippen molar-refractivity contribution in [1.29, 1.82) is 0 Å². The van der Waals surface area contributed by atoms with E-state index in [1.165, 1.54) is 6.92 Å². The van der Waals surface area contributed by atoms with E-state index in [1.807, 2.05) is 6.92 Å². The van der Waals surface area contributed by atoms with Crippen LogP contribution in [0.4, 0.5) is 5.69 Å². The highest BCUT2D eigenvalue weighted by atomic mass is 35.5. The molecular formula is C10H12ClNO2. The Balaban J connectivity index is 2.96. The summed E-state index contributed by atoms with van der Waals surface area (Å²) in [6, 6.07) is 5.11. The monoisotopic (exact) mass is 213 g/mol. The summed E-state index contributed by atoms with van der Waals surface area (Å²) in [6.45, 7) is 3.87. The number of hydrogen-bond donors (Lipinski definition) is 1. The molecule has 1 aromatic carbocycles. The van der Waals surface area contributed by atoms with Crippen LogP contribution in [0.2, 0.25) is 5.02 Å². The van der Waals surface area contributed by atoms with Crippen molar-refractivity contribution >= 4 is 23.2 Å². The quantitative estimate of drug-likeness (QED) is 0.839. The van der Waals surface area contributed by atoms with Gasteiger partial charge in [-0.3, -0.25) is 4.79 Å². The maximum absolute atomic E-state index is 10.9. The van der Waals surface area contributed by atoms with Crippen LogP contribution in [0.3, 0.4) is 0 Å². The van der Waals surface area contributed by atoms with Gasteiger partial charge in [0, 0.05) is 11.9 Å². The molecule has 14 heavy (non-hydrogen) atoms. The molecule has 0 bridgehead atoms. The zero-order chi connectivity index (χ0) is 10.6. The fourth-order valence-corrected chi connectivity index (χ4v) is 1.24. The zero-order valence-corrected chi connectivity index (χ0v) is 8.89. The Morgan fingerprint density at radius 1 is 1.57 bits per heavy atom. The molecular weight excluding hydrogens is 202 g/mol. The summed E-state index contributed by atoms with van der Waals surface area (Å²) >= 11 is 5.79. The molecule has 0 spiro atoms. The number of carbonyl (C=O) groups excluding carboxylic acids is 1. The smallest absolute Gasteiger partial charge is 0.221 e. The van der Waals surface area contributed by atoms with Crippen molar-refractivity contribution in [2.24, 2.45) is 0 Å². The summed E-state index contributed by atoms with van der Waals surface area (Å²) in [5.41, 5.74) is 0.604. The Morgan fingerprint density at radius 2 is 2.29 bits per heavy atom. The second-order valence-corrected chi connectivity index (χ2v) is 3.19. The zero-order valence-electron chi connectivity index (χ0n) is 8.13. The van der Waals surface area contributed by atoms with Crippen LogP contribution in [0.5, 0.6) is 5.75 Å². The fraction of sp³-hybridized carbons (Fsp3) is 0.300. The third-order valence-electron chi connectivity index (χ3n) is 1.55. The second kappa shape index (κ2) is 4.86. The lowest BCUT2D eigenvalue weighted by atomic mass is 10.3. The highest BCUT2D eigenvalue weighted by Crippen LogP contribution is 2.27. The molecule has 0 atom stereocenters. The van der Waals surface area contributed by atoms with E-state index >= 15 is 0 Å². The molecule has 1 amide bonds. The number of nitrogens with one attached hydrogen (secondary N) is 1. The topological polar surface area (TPSA) is 38.3 Å². The molecule has 0 heterocycles. The summed E-state index contributed by atoms with van der Waals surface area (Å²) in [5, 5.41) is 3.22. The Hall–Kier alpha value is -1.22. The normalized spacial score (nSPS) is 9.64. The molecule has 0 unspecified atom stereocenters. The number of ether oxygens (including phenoxy) is 1. The predicted molar refractivity (Wildman–Crippen MR) is 56.9 cm³/mol. The summed E-state index contributed by atoms with van der Waals surface area (Å²) < 4.78 is 5.32. The number of benzene rings is 1. The van der Waals surface area contributed by atoms with Crippen LogP contribution in [0.15, 0.2) is 18.2 Å². The number of amides is 1. The maximum Gasteiger partial charge on any atom is 0.221 e. The first-order valence-corrected chi connectivity index (χ1v) is 4.71. The molecule has 1 rings (SSSR count). The number of rotatable bonds is 3. The molecule has 0 aliphatic carbocycles. The van der Waals surface area contributed by atoms with E-state index in [2.05, 4.69) is 5.32 Å². The average molecular weight is 214 g/mol. The number of hydrogen-bond acceptors (Lipinski definition) is 2. The SMILES string of the molecule is CCOc1ccc(Cl)cc1NC(C)=O. The Labute approximate surface area is 88.0 Å². The second-order valence-electron chi connectivity index (χ2n) is 2.75. The molecule has 3 nitrogen and oxygen atoms in total. The molecule has 0 saturated heterocycles. The van der Waals surface area contributed by atoms with Crippen LogP contribution < -0.4 is 10.1 Å². The fourth-order valence-electron chi connectivity index (χ4n) is 1.07. The molecule has 0 saturated carbocycles. The lowest BCUT2D eigenvalue weighted by molar-refractivity contribution is -0.114. The van der Waals surface area contributed by atoms with Gasteiger partial charge < -0.3 is 10.1 Å². The van der Waals surface area contributed by atoms with Crippen molar-refractivity contribution in [2.75, 3.05) is 11.9 Å².